The fourth-order valence-electron chi connectivity index (χ4n) is 3.44. The molecule has 0 aromatic carbocycles. The largest absolute Gasteiger partial charge is 0.363 e. The van der Waals surface area contributed by atoms with Crippen molar-refractivity contribution in [3.63, 3.8) is 0 Å². The lowest BCUT2D eigenvalue weighted by atomic mass is 10.2. The first kappa shape index (κ1) is 23.9. The molecule has 6 nitrogen and oxygen atoms in total. The predicted molar refractivity (Wildman–Crippen MR) is 135 cm³/mol. The maximum Gasteiger partial charge on any atom is 0.191 e. The van der Waals surface area contributed by atoms with Gasteiger partial charge < -0.3 is 15.5 Å². The first-order valence-electron chi connectivity index (χ1n) is 10.1. The van der Waals surface area contributed by atoms with E-state index in [1.807, 2.05) is 48.5 Å². The first-order chi connectivity index (χ1) is 13.7. The minimum absolute atomic E-state index is 0. The van der Waals surface area contributed by atoms with Crippen LogP contribution in [0.1, 0.15) is 36.4 Å². The predicted octanol–water partition coefficient (Wildman–Crippen LogP) is 3.72. The van der Waals surface area contributed by atoms with Gasteiger partial charge in [-0.1, -0.05) is 12.1 Å². The van der Waals surface area contributed by atoms with Crippen LogP contribution in [-0.4, -0.2) is 56.1 Å². The number of aromatic nitrogens is 1. The number of hydrogen-bond acceptors (Lipinski definition) is 5. The summed E-state index contributed by atoms with van der Waals surface area (Å²) >= 11 is 1.84. The van der Waals surface area contributed by atoms with Crippen molar-refractivity contribution in [3.8, 4) is 0 Å². The average Bonchev–Trinajstić information content (AvgIpc) is 3.41. The van der Waals surface area contributed by atoms with Crippen molar-refractivity contribution in [2.45, 2.75) is 32.4 Å². The van der Waals surface area contributed by atoms with E-state index in [4.69, 9.17) is 4.99 Å². The van der Waals surface area contributed by atoms with Crippen LogP contribution in [0.2, 0.25) is 0 Å². The molecule has 2 aromatic heterocycles. The van der Waals surface area contributed by atoms with E-state index in [1.54, 1.807) is 0 Å². The Morgan fingerprint density at radius 1 is 1.21 bits per heavy atom. The molecule has 0 aliphatic carbocycles. The summed E-state index contributed by atoms with van der Waals surface area (Å²) in [6, 6.07) is 10.9. The van der Waals surface area contributed by atoms with E-state index in [0.717, 1.165) is 30.6 Å². The van der Waals surface area contributed by atoms with Crippen molar-refractivity contribution in [2.24, 2.45) is 4.99 Å². The molecule has 1 saturated heterocycles. The number of likely N-dealkylation sites (tertiary alicyclic amines) is 1. The number of nitrogens with zero attached hydrogens (tertiary/aromatic N) is 4. The second-order valence-electron chi connectivity index (χ2n) is 7.23. The van der Waals surface area contributed by atoms with Gasteiger partial charge >= 0.3 is 0 Å². The molecule has 29 heavy (non-hydrogen) atoms. The highest BCUT2D eigenvalue weighted by molar-refractivity contribution is 14.0. The van der Waals surface area contributed by atoms with Crippen LogP contribution in [0, 0.1) is 0 Å². The summed E-state index contributed by atoms with van der Waals surface area (Å²) in [5.41, 5.74) is 0.970. The second kappa shape index (κ2) is 12.3. The summed E-state index contributed by atoms with van der Waals surface area (Å²) in [5, 5.41) is 9.09. The Kier molecular flexibility index (Phi) is 10.2. The van der Waals surface area contributed by atoms with Crippen LogP contribution < -0.4 is 15.5 Å². The van der Waals surface area contributed by atoms with E-state index in [9.17, 15) is 0 Å². The molecule has 1 aliphatic heterocycles. The molecule has 0 radical (unpaired) electrons. The highest BCUT2D eigenvalue weighted by Gasteiger charge is 2.24. The monoisotopic (exact) mass is 528 g/mol. The Labute approximate surface area is 195 Å². The average molecular weight is 529 g/mol. The lowest BCUT2D eigenvalue weighted by Crippen LogP contribution is -2.42. The highest BCUT2D eigenvalue weighted by Crippen LogP contribution is 2.27. The molecular formula is C21H33IN6S. The van der Waals surface area contributed by atoms with E-state index in [2.05, 4.69) is 45.0 Å². The lowest BCUT2D eigenvalue weighted by Gasteiger charge is -2.27. The number of hydrogen-bond donors (Lipinski definition) is 2. The Balaban J connectivity index is 0.00000300. The number of aliphatic imine (C=N–C) groups is 1. The maximum absolute atomic E-state index is 4.76. The van der Waals surface area contributed by atoms with Crippen molar-refractivity contribution in [1.29, 1.82) is 0 Å². The van der Waals surface area contributed by atoms with Crippen LogP contribution in [0.15, 0.2) is 40.7 Å². The van der Waals surface area contributed by atoms with E-state index in [1.165, 1.54) is 30.8 Å². The molecule has 160 valence electrons. The summed E-state index contributed by atoms with van der Waals surface area (Å²) in [7, 11) is 4.01. The number of nitrogens with one attached hydrogen (secondary N) is 2. The van der Waals surface area contributed by atoms with Crippen molar-refractivity contribution in [3.05, 3.63) is 46.3 Å². The number of thiophene rings is 1. The molecule has 1 atom stereocenters. The van der Waals surface area contributed by atoms with Crippen LogP contribution in [0.5, 0.6) is 0 Å². The standard InChI is InChI=1S/C21H32N6S.HI/c1-4-22-21(23-15-17-9-7-11-20(25-17)26(2)3)24-16-18(19-10-8-14-28-19)27-12-5-6-13-27;/h7-11,14,18H,4-6,12-13,15-16H2,1-3H3,(H2,22,23,24);1H. The highest BCUT2D eigenvalue weighted by atomic mass is 127. The SMILES string of the molecule is CCNC(=NCc1cccc(N(C)C)n1)NCC(c1cccs1)N1CCCC1.I. The third-order valence-electron chi connectivity index (χ3n) is 4.91. The Bertz CT molecular complexity index is 743. The summed E-state index contributed by atoms with van der Waals surface area (Å²) in [6.45, 7) is 6.71. The molecule has 0 saturated carbocycles. The topological polar surface area (TPSA) is 55.8 Å². The summed E-state index contributed by atoms with van der Waals surface area (Å²) < 4.78 is 0. The van der Waals surface area contributed by atoms with Crippen LogP contribution in [0.3, 0.4) is 0 Å². The number of rotatable bonds is 8. The number of guanidine groups is 1. The van der Waals surface area contributed by atoms with Crippen LogP contribution in [0.25, 0.3) is 0 Å². The smallest absolute Gasteiger partial charge is 0.191 e. The number of anilines is 1. The van der Waals surface area contributed by atoms with E-state index >= 15 is 0 Å². The van der Waals surface area contributed by atoms with Crippen molar-refractivity contribution >= 4 is 47.1 Å². The molecule has 1 fully saturated rings. The van der Waals surface area contributed by atoms with Gasteiger partial charge in [0.05, 0.1) is 18.3 Å². The van der Waals surface area contributed by atoms with Gasteiger partial charge in [-0.25, -0.2) is 9.98 Å². The fraction of sp³-hybridized carbons (Fsp3) is 0.524. The first-order valence-corrected chi connectivity index (χ1v) is 11.0. The quantitative estimate of drug-likeness (QED) is 0.311. The zero-order valence-corrected chi connectivity index (χ0v) is 20.7. The Morgan fingerprint density at radius 2 is 2.00 bits per heavy atom. The molecular weight excluding hydrogens is 495 g/mol. The summed E-state index contributed by atoms with van der Waals surface area (Å²) in [6.07, 6.45) is 2.59. The van der Waals surface area contributed by atoms with Gasteiger partial charge in [-0.2, -0.15) is 0 Å². The van der Waals surface area contributed by atoms with Gasteiger partial charge in [-0.15, -0.1) is 35.3 Å². The molecule has 1 aliphatic rings. The molecule has 1 unspecified atom stereocenters. The summed E-state index contributed by atoms with van der Waals surface area (Å²) in [5.74, 6) is 1.80. The molecule has 3 heterocycles. The zero-order valence-electron chi connectivity index (χ0n) is 17.6. The Hall–Kier alpha value is -1.39. The van der Waals surface area contributed by atoms with Crippen LogP contribution in [0.4, 0.5) is 5.82 Å². The summed E-state index contributed by atoms with van der Waals surface area (Å²) in [4.78, 5) is 15.4. The minimum Gasteiger partial charge on any atom is -0.363 e. The number of halogens is 1. The maximum atomic E-state index is 4.76. The van der Waals surface area contributed by atoms with Gasteiger partial charge in [-0.3, -0.25) is 4.90 Å². The normalized spacial score (nSPS) is 15.6. The zero-order chi connectivity index (χ0) is 19.8. The van der Waals surface area contributed by atoms with Crippen LogP contribution in [-0.2, 0) is 6.54 Å². The van der Waals surface area contributed by atoms with E-state index in [-0.39, 0.29) is 24.0 Å². The molecule has 0 spiro atoms. The number of pyridine rings is 1. The van der Waals surface area contributed by atoms with Gasteiger partial charge in [0.2, 0.25) is 0 Å². The molecule has 2 aromatic rings. The molecule has 8 heteroatoms. The van der Waals surface area contributed by atoms with Gasteiger partial charge in [0, 0.05) is 32.1 Å². The minimum atomic E-state index is 0. The van der Waals surface area contributed by atoms with Crippen molar-refractivity contribution in [2.75, 3.05) is 45.2 Å². The van der Waals surface area contributed by atoms with Crippen LogP contribution >= 0.6 is 35.3 Å². The molecule has 0 bridgehead atoms. The van der Waals surface area contributed by atoms with Crippen molar-refractivity contribution in [1.82, 2.24) is 20.5 Å². The fourth-order valence-corrected chi connectivity index (χ4v) is 4.30. The lowest BCUT2D eigenvalue weighted by molar-refractivity contribution is 0.249. The molecule has 2 N–H and O–H groups in total. The van der Waals surface area contributed by atoms with Gasteiger partial charge in [-0.05, 0) is 56.4 Å². The van der Waals surface area contributed by atoms with Gasteiger partial charge in [0.25, 0.3) is 0 Å². The Morgan fingerprint density at radius 3 is 2.66 bits per heavy atom. The third kappa shape index (κ3) is 7.11. The van der Waals surface area contributed by atoms with E-state index in [0.29, 0.717) is 12.6 Å². The molecule has 0 amide bonds. The molecule has 3 rings (SSSR count). The van der Waals surface area contributed by atoms with Gasteiger partial charge in [0.1, 0.15) is 5.82 Å². The van der Waals surface area contributed by atoms with E-state index < -0.39 is 0 Å². The van der Waals surface area contributed by atoms with Crippen molar-refractivity contribution < 1.29 is 0 Å². The third-order valence-corrected chi connectivity index (χ3v) is 5.88. The van der Waals surface area contributed by atoms with Gasteiger partial charge in [0.15, 0.2) is 5.96 Å². The second-order valence-corrected chi connectivity index (χ2v) is 8.21.